The second kappa shape index (κ2) is 19.9. The van der Waals surface area contributed by atoms with Gasteiger partial charge in [-0.2, -0.15) is 0 Å². The van der Waals surface area contributed by atoms with Gasteiger partial charge in [0, 0.05) is 49.5 Å². The van der Waals surface area contributed by atoms with Gasteiger partial charge in [0.1, 0.15) is 0 Å². The first-order valence-corrected chi connectivity index (χ1v) is 0. The van der Waals surface area contributed by atoms with Crippen molar-refractivity contribution in [2.75, 3.05) is 0 Å². The van der Waals surface area contributed by atoms with Gasteiger partial charge in [0.2, 0.25) is 0 Å². The molecule has 0 saturated carbocycles. The Bertz CT molecular complexity index is 3.25. The van der Waals surface area contributed by atoms with Crippen molar-refractivity contribution in [1.29, 1.82) is 0 Å². The topological polar surface area (TPSA) is 0 Å². The average Bonchev–Trinajstić information content (AvgIpc) is 0. The van der Waals surface area contributed by atoms with E-state index in [1.807, 2.05) is 0 Å². The molecule has 0 aliphatic carbocycles. The van der Waals surface area contributed by atoms with E-state index in [4.69, 9.17) is 0 Å². The Morgan fingerprint density at radius 2 is 0.500 bits per heavy atom. The van der Waals surface area contributed by atoms with Crippen molar-refractivity contribution < 1.29 is 49.5 Å². The molecule has 4 heteroatoms. The van der Waals surface area contributed by atoms with Crippen molar-refractivity contribution in [1.82, 2.24) is 0 Å². The molecule has 0 spiro atoms. The van der Waals surface area contributed by atoms with Crippen molar-refractivity contribution >= 4 is 17.6 Å². The van der Waals surface area contributed by atoms with Gasteiger partial charge < -0.3 is 0 Å². The molecule has 0 aromatic heterocycles. The fourth-order valence-corrected chi connectivity index (χ4v) is 0. The van der Waals surface area contributed by atoms with Crippen LogP contribution in [0.2, 0.25) is 0 Å². The second-order valence-electron chi connectivity index (χ2n) is 0. The molecule has 38 valence electrons. The first kappa shape index (κ1) is 37.1. The molecular formula is H4GeNi3. The minimum atomic E-state index is 0. The van der Waals surface area contributed by atoms with Gasteiger partial charge in [-0.05, 0) is 0 Å². The van der Waals surface area contributed by atoms with Gasteiger partial charge in [0.05, 0.1) is 0 Å². The molecule has 0 nitrogen and oxygen atoms in total. The molecule has 0 rings (SSSR count). The SMILES string of the molecule is [GeH4].[Ni].[Ni].[Ni]. The summed E-state index contributed by atoms with van der Waals surface area (Å²) in [5.74, 6) is 0. The minimum Gasteiger partial charge on any atom is 0 e. The Morgan fingerprint density at radius 1 is 0.500 bits per heavy atom. The van der Waals surface area contributed by atoms with E-state index >= 15 is 0 Å². The van der Waals surface area contributed by atoms with Crippen LogP contribution in [-0.4, -0.2) is 17.6 Å². The van der Waals surface area contributed by atoms with Crippen molar-refractivity contribution in [3.8, 4) is 0 Å². The molecule has 0 atom stereocenters. The molecule has 0 aliphatic rings. The van der Waals surface area contributed by atoms with E-state index in [9.17, 15) is 0 Å². The van der Waals surface area contributed by atoms with Crippen LogP contribution in [0.3, 0.4) is 0 Å². The van der Waals surface area contributed by atoms with Gasteiger partial charge in [-0.1, -0.05) is 0 Å². The summed E-state index contributed by atoms with van der Waals surface area (Å²) in [4.78, 5) is 0. The number of hydrogen-bond acceptors (Lipinski definition) is 0. The van der Waals surface area contributed by atoms with Gasteiger partial charge in [-0.3, -0.25) is 0 Å². The normalized spacial score (nSPS) is 0. The molecule has 0 aliphatic heterocycles. The molecule has 0 radical (unpaired) electrons. The van der Waals surface area contributed by atoms with E-state index < -0.39 is 0 Å². The van der Waals surface area contributed by atoms with E-state index in [0.717, 1.165) is 0 Å². The van der Waals surface area contributed by atoms with Crippen LogP contribution >= 0.6 is 0 Å². The quantitative estimate of drug-likeness (QED) is 0.463. The Kier molecular flexibility index (Phi) is 184. The van der Waals surface area contributed by atoms with E-state index in [2.05, 4.69) is 0 Å². The monoisotopic (exact) mass is 252 g/mol. The summed E-state index contributed by atoms with van der Waals surface area (Å²) in [6.45, 7) is 0. The van der Waals surface area contributed by atoms with E-state index in [1.165, 1.54) is 0 Å². The molecular weight excluding hydrogens is 249 g/mol. The molecule has 0 unspecified atom stereocenters. The van der Waals surface area contributed by atoms with E-state index in [0.29, 0.717) is 0 Å². The molecule has 4 heavy (non-hydrogen) atoms. The van der Waals surface area contributed by atoms with Crippen LogP contribution in [-0.2, 0) is 49.5 Å². The molecule has 0 heterocycles. The van der Waals surface area contributed by atoms with Gasteiger partial charge >= 0.3 is 17.6 Å². The predicted octanol–water partition coefficient (Wildman–Crippen LogP) is -1.46. The minimum absolute atomic E-state index is 0. The molecule has 0 N–H and O–H groups in total. The van der Waals surface area contributed by atoms with Crippen LogP contribution in [0.15, 0.2) is 0 Å². The molecule has 0 aromatic rings. The van der Waals surface area contributed by atoms with E-state index in [-0.39, 0.29) is 67.1 Å². The summed E-state index contributed by atoms with van der Waals surface area (Å²) >= 11 is 0. The molecule has 0 saturated heterocycles. The maximum absolute atomic E-state index is 0. The van der Waals surface area contributed by atoms with E-state index in [1.54, 1.807) is 0 Å². The van der Waals surface area contributed by atoms with Crippen molar-refractivity contribution in [3.63, 3.8) is 0 Å². The molecule has 0 amide bonds. The summed E-state index contributed by atoms with van der Waals surface area (Å²) in [6.07, 6.45) is 0. The van der Waals surface area contributed by atoms with Crippen molar-refractivity contribution in [2.45, 2.75) is 0 Å². The summed E-state index contributed by atoms with van der Waals surface area (Å²) in [5, 5.41) is 0. The van der Waals surface area contributed by atoms with Crippen LogP contribution in [0.1, 0.15) is 0 Å². The third-order valence-electron chi connectivity index (χ3n) is 0. The molecule has 0 fully saturated rings. The first-order chi connectivity index (χ1) is 0. The number of rotatable bonds is 0. The zero-order valence-electron chi connectivity index (χ0n) is 0.949. The van der Waals surface area contributed by atoms with Gasteiger partial charge in [-0.25, -0.2) is 0 Å². The van der Waals surface area contributed by atoms with Gasteiger partial charge in [0.25, 0.3) is 0 Å². The third-order valence-corrected chi connectivity index (χ3v) is 0. The van der Waals surface area contributed by atoms with Crippen molar-refractivity contribution in [2.24, 2.45) is 0 Å². The standard InChI is InChI=1S/GeH4.3Ni/h1H4;;;. The smallest absolute Gasteiger partial charge is 0 e. The van der Waals surface area contributed by atoms with Gasteiger partial charge in [0.15, 0.2) is 0 Å². The van der Waals surface area contributed by atoms with Crippen LogP contribution in [0, 0.1) is 0 Å². The average molecular weight is 253 g/mol. The largest absolute Gasteiger partial charge is 0 e. The Hall–Kier alpha value is 2.02. The Labute approximate surface area is 66.6 Å². The van der Waals surface area contributed by atoms with Crippen LogP contribution in [0.5, 0.6) is 0 Å². The third kappa shape index (κ3) is 8.98. The van der Waals surface area contributed by atoms with Gasteiger partial charge in [-0.15, -0.1) is 0 Å². The summed E-state index contributed by atoms with van der Waals surface area (Å²) in [6, 6.07) is 0. The van der Waals surface area contributed by atoms with Crippen molar-refractivity contribution in [3.05, 3.63) is 0 Å². The fraction of sp³-hybridized carbons (Fsp3) is 0. The zero-order chi connectivity index (χ0) is 0. The van der Waals surface area contributed by atoms with Crippen LogP contribution < -0.4 is 0 Å². The zero-order valence-corrected chi connectivity index (χ0v) is 3.91. The van der Waals surface area contributed by atoms with Crippen LogP contribution in [0.4, 0.5) is 0 Å². The maximum atomic E-state index is 0. The Balaban J connectivity index is 0. The summed E-state index contributed by atoms with van der Waals surface area (Å²) in [7, 11) is 0. The van der Waals surface area contributed by atoms with Crippen LogP contribution in [0.25, 0.3) is 0 Å². The Morgan fingerprint density at radius 3 is 0.500 bits per heavy atom. The molecule has 0 aromatic carbocycles. The predicted molar refractivity (Wildman–Crippen MR) is 11.3 cm³/mol. The first-order valence-electron chi connectivity index (χ1n) is 0. The number of hydrogen-bond donors (Lipinski definition) is 0. The summed E-state index contributed by atoms with van der Waals surface area (Å²) in [5.41, 5.74) is 0. The fourth-order valence-electron chi connectivity index (χ4n) is 0. The second-order valence-corrected chi connectivity index (χ2v) is 0. The summed E-state index contributed by atoms with van der Waals surface area (Å²) < 4.78 is 0. The molecule has 0 bridgehead atoms. The maximum Gasteiger partial charge on any atom is 0 e.